The highest BCUT2D eigenvalue weighted by Crippen LogP contribution is 2.35. The normalized spacial score (nSPS) is 18.1. The van der Waals surface area contributed by atoms with Gasteiger partial charge in [0.1, 0.15) is 23.4 Å². The number of anilines is 1. The zero-order chi connectivity index (χ0) is 24.9. The van der Waals surface area contributed by atoms with E-state index in [0.29, 0.717) is 27.4 Å². The number of hydrogen-bond acceptors (Lipinski definition) is 7. The molecule has 2 aliphatic heterocycles. The van der Waals surface area contributed by atoms with Crippen molar-refractivity contribution in [3.05, 3.63) is 64.5 Å². The summed E-state index contributed by atoms with van der Waals surface area (Å²) in [6.45, 7) is 7.61. The number of nitrogens with one attached hydrogen (secondary N) is 2. The van der Waals surface area contributed by atoms with Crippen LogP contribution in [0.15, 0.2) is 48.9 Å². The zero-order valence-corrected chi connectivity index (χ0v) is 21.5. The highest BCUT2D eigenvalue weighted by atomic mass is 35.5. The summed E-state index contributed by atoms with van der Waals surface area (Å²) in [6.07, 6.45) is 4.66. The molecule has 3 aromatic heterocycles. The van der Waals surface area contributed by atoms with E-state index in [1.807, 2.05) is 31.3 Å². The molecule has 0 saturated carbocycles. The van der Waals surface area contributed by atoms with Gasteiger partial charge in [0.15, 0.2) is 0 Å². The van der Waals surface area contributed by atoms with Crippen LogP contribution in [-0.4, -0.2) is 58.0 Å². The van der Waals surface area contributed by atoms with E-state index in [4.69, 9.17) is 37.7 Å². The molecule has 0 spiro atoms. The van der Waals surface area contributed by atoms with Crippen molar-refractivity contribution in [1.29, 1.82) is 0 Å². The molecule has 2 N–H and O–H groups in total. The molecular weight excluding hydrogens is 499 g/mol. The summed E-state index contributed by atoms with van der Waals surface area (Å²) in [6, 6.07) is 10.4. The van der Waals surface area contributed by atoms with Crippen LogP contribution in [0, 0.1) is 0 Å². The van der Waals surface area contributed by atoms with Crippen LogP contribution in [0.5, 0.6) is 5.75 Å². The third-order valence-corrected chi connectivity index (χ3v) is 7.36. The van der Waals surface area contributed by atoms with Gasteiger partial charge in [-0.05, 0) is 44.2 Å². The number of aromatic nitrogens is 4. The average molecular weight is 525 g/mol. The maximum atomic E-state index is 6.31. The van der Waals surface area contributed by atoms with E-state index < -0.39 is 0 Å². The molecule has 1 atom stereocenters. The molecular formula is C26H26Cl2N6O2. The molecule has 6 rings (SSSR count). The van der Waals surface area contributed by atoms with E-state index in [1.54, 1.807) is 12.4 Å². The first-order valence-electron chi connectivity index (χ1n) is 11.9. The van der Waals surface area contributed by atoms with Crippen LogP contribution in [0.4, 0.5) is 5.82 Å². The predicted molar refractivity (Wildman–Crippen MR) is 141 cm³/mol. The summed E-state index contributed by atoms with van der Waals surface area (Å²) >= 11 is 12.6. The number of rotatable bonds is 7. The van der Waals surface area contributed by atoms with Crippen molar-refractivity contribution in [3.63, 3.8) is 0 Å². The van der Waals surface area contributed by atoms with Crippen molar-refractivity contribution in [2.24, 2.45) is 0 Å². The summed E-state index contributed by atoms with van der Waals surface area (Å²) in [7, 11) is 0. The Morgan fingerprint density at radius 1 is 1.14 bits per heavy atom. The van der Waals surface area contributed by atoms with Crippen molar-refractivity contribution in [3.8, 4) is 17.0 Å². The van der Waals surface area contributed by atoms with Gasteiger partial charge >= 0.3 is 0 Å². The van der Waals surface area contributed by atoms with Gasteiger partial charge in [-0.1, -0.05) is 23.2 Å². The van der Waals surface area contributed by atoms with Gasteiger partial charge in [0.25, 0.3) is 0 Å². The van der Waals surface area contributed by atoms with E-state index in [1.165, 1.54) is 0 Å². The lowest BCUT2D eigenvalue weighted by Gasteiger charge is -2.51. The van der Waals surface area contributed by atoms with Crippen LogP contribution in [0.25, 0.3) is 22.2 Å². The number of fused-ring (bicyclic) bond motifs is 1. The first kappa shape index (κ1) is 23.5. The molecule has 186 valence electrons. The molecule has 36 heavy (non-hydrogen) atoms. The third kappa shape index (κ3) is 4.39. The van der Waals surface area contributed by atoms with Crippen LogP contribution < -0.4 is 15.0 Å². The Balaban J connectivity index is 1.18. The standard InChI is InChI=1S/C26H26Cl2N6O2/c1-15(24-20(27)9-29-10-21(24)28)36-18-4-5-22-19(7-18)25(33-32-22)16-3-6-23(30-8-16)34-13-26(2,14-34)31-17-11-35-12-17/h3-10,15,17,31H,11-14H2,1-2H3,(H,32,33)/t15-/m1/s1. The second-order valence-corrected chi connectivity index (χ2v) is 10.6. The summed E-state index contributed by atoms with van der Waals surface area (Å²) in [5, 5.41) is 13.2. The van der Waals surface area contributed by atoms with Crippen LogP contribution in [-0.2, 0) is 4.74 Å². The number of benzene rings is 1. The van der Waals surface area contributed by atoms with E-state index in [2.05, 4.69) is 44.5 Å². The second kappa shape index (κ2) is 9.19. The minimum Gasteiger partial charge on any atom is -0.486 e. The molecule has 5 heterocycles. The third-order valence-electron chi connectivity index (χ3n) is 6.76. The van der Waals surface area contributed by atoms with E-state index in [9.17, 15) is 0 Å². The van der Waals surface area contributed by atoms with Gasteiger partial charge in [-0.3, -0.25) is 10.1 Å². The van der Waals surface area contributed by atoms with Crippen molar-refractivity contribution >= 4 is 39.9 Å². The molecule has 10 heteroatoms. The molecule has 4 aromatic rings. The van der Waals surface area contributed by atoms with Crippen LogP contribution >= 0.6 is 23.2 Å². The molecule has 0 unspecified atom stereocenters. The lowest BCUT2D eigenvalue weighted by Crippen LogP contribution is -2.71. The van der Waals surface area contributed by atoms with Gasteiger partial charge in [-0.25, -0.2) is 4.98 Å². The quantitative estimate of drug-likeness (QED) is 0.350. The van der Waals surface area contributed by atoms with Gasteiger partial charge in [-0.15, -0.1) is 0 Å². The molecule has 0 aliphatic carbocycles. The monoisotopic (exact) mass is 524 g/mol. The van der Waals surface area contributed by atoms with Crippen LogP contribution in [0.1, 0.15) is 25.5 Å². The Hall–Kier alpha value is -2.91. The molecule has 0 radical (unpaired) electrons. The Bertz CT molecular complexity index is 1380. The highest BCUT2D eigenvalue weighted by Gasteiger charge is 2.41. The fraction of sp³-hybridized carbons (Fsp3) is 0.346. The molecule has 0 bridgehead atoms. The number of pyridine rings is 2. The minimum absolute atomic E-state index is 0.103. The maximum Gasteiger partial charge on any atom is 0.128 e. The van der Waals surface area contributed by atoms with Crippen molar-refractivity contribution in [2.45, 2.75) is 31.5 Å². The summed E-state index contributed by atoms with van der Waals surface area (Å²) in [5.41, 5.74) is 3.48. The highest BCUT2D eigenvalue weighted by molar-refractivity contribution is 6.35. The predicted octanol–water partition coefficient (Wildman–Crippen LogP) is 5.03. The maximum absolute atomic E-state index is 6.31. The molecule has 8 nitrogen and oxygen atoms in total. The Kier molecular flexibility index (Phi) is 6.00. The lowest BCUT2D eigenvalue weighted by molar-refractivity contribution is -0.0209. The number of ether oxygens (including phenoxy) is 2. The SMILES string of the molecule is C[C@@H](Oc1ccc2[nH]nc(-c3ccc(N4CC(C)(NC5COC5)C4)nc3)c2c1)c1c(Cl)cncc1Cl. The molecule has 2 aliphatic rings. The van der Waals surface area contributed by atoms with Gasteiger partial charge in [0.05, 0.1) is 40.4 Å². The van der Waals surface area contributed by atoms with Crippen LogP contribution in [0.3, 0.4) is 0 Å². The molecule has 2 saturated heterocycles. The minimum atomic E-state index is -0.352. The van der Waals surface area contributed by atoms with Gasteiger partial charge in [0, 0.05) is 48.2 Å². The number of hydrogen-bond donors (Lipinski definition) is 2. The largest absolute Gasteiger partial charge is 0.486 e. The number of H-pyrrole nitrogens is 1. The topological polar surface area (TPSA) is 88.2 Å². The fourth-order valence-electron chi connectivity index (χ4n) is 4.93. The molecule has 1 aromatic carbocycles. The van der Waals surface area contributed by atoms with Crippen molar-refractivity contribution in [2.75, 3.05) is 31.2 Å². The number of halogens is 2. The second-order valence-electron chi connectivity index (χ2n) is 9.76. The van der Waals surface area contributed by atoms with Crippen molar-refractivity contribution in [1.82, 2.24) is 25.5 Å². The first-order valence-corrected chi connectivity index (χ1v) is 12.6. The van der Waals surface area contributed by atoms with E-state index >= 15 is 0 Å². The zero-order valence-electron chi connectivity index (χ0n) is 20.0. The van der Waals surface area contributed by atoms with Crippen LogP contribution in [0.2, 0.25) is 10.0 Å². The number of aromatic amines is 1. The van der Waals surface area contributed by atoms with Crippen molar-refractivity contribution < 1.29 is 9.47 Å². The van der Waals surface area contributed by atoms with Gasteiger partial charge in [0.2, 0.25) is 0 Å². The summed E-state index contributed by atoms with van der Waals surface area (Å²) in [4.78, 5) is 11.0. The lowest BCUT2D eigenvalue weighted by atomic mass is 9.90. The Labute approximate surface area is 218 Å². The van der Waals surface area contributed by atoms with Gasteiger partial charge in [-0.2, -0.15) is 5.10 Å². The Morgan fingerprint density at radius 2 is 1.92 bits per heavy atom. The molecule has 2 fully saturated rings. The van der Waals surface area contributed by atoms with Gasteiger partial charge < -0.3 is 19.7 Å². The molecule has 0 amide bonds. The first-order chi connectivity index (χ1) is 17.4. The van der Waals surface area contributed by atoms with E-state index in [-0.39, 0.29) is 11.6 Å². The number of nitrogens with zero attached hydrogens (tertiary/aromatic N) is 4. The average Bonchev–Trinajstić information content (AvgIpc) is 3.23. The van der Waals surface area contributed by atoms with E-state index in [0.717, 1.165) is 54.3 Å². The fourth-order valence-corrected chi connectivity index (χ4v) is 5.61. The Morgan fingerprint density at radius 3 is 2.58 bits per heavy atom. The summed E-state index contributed by atoms with van der Waals surface area (Å²) < 4.78 is 11.5. The smallest absolute Gasteiger partial charge is 0.128 e. The summed E-state index contributed by atoms with van der Waals surface area (Å²) in [5.74, 6) is 1.65.